The molecule has 1 fully saturated rings. The number of ether oxygens (including phenoxy) is 1. The summed E-state index contributed by atoms with van der Waals surface area (Å²) in [6, 6.07) is 7.26. The lowest BCUT2D eigenvalue weighted by Gasteiger charge is -2.38. The molecule has 0 aliphatic carbocycles. The molecule has 1 aliphatic rings. The number of likely N-dealkylation sites (tertiary alicyclic amines) is 1. The molecule has 170 valence electrons. The Kier molecular flexibility index (Phi) is 8.96. The summed E-state index contributed by atoms with van der Waals surface area (Å²) >= 11 is 1.91. The number of halogens is 1. The van der Waals surface area contributed by atoms with Crippen molar-refractivity contribution in [1.29, 1.82) is 0 Å². The minimum absolute atomic E-state index is 0.0827. The van der Waals surface area contributed by atoms with Gasteiger partial charge in [0.05, 0.1) is 12.6 Å². The van der Waals surface area contributed by atoms with E-state index in [1.165, 1.54) is 0 Å². The van der Waals surface area contributed by atoms with Crippen LogP contribution in [0.1, 0.15) is 44.3 Å². The van der Waals surface area contributed by atoms with Gasteiger partial charge in [-0.05, 0) is 73.2 Å². The summed E-state index contributed by atoms with van der Waals surface area (Å²) < 4.78 is 20.6. The molecule has 0 radical (unpaired) electrons. The molecule has 0 spiro atoms. The molecule has 2 heterocycles. The Morgan fingerprint density at radius 1 is 1.39 bits per heavy atom. The number of thioether (sulfide) groups is 1. The van der Waals surface area contributed by atoms with Gasteiger partial charge >= 0.3 is 5.97 Å². The average molecular weight is 449 g/mol. The Morgan fingerprint density at radius 3 is 2.97 bits per heavy atom. The number of methoxy groups -OCH3 is 1. The van der Waals surface area contributed by atoms with Crippen LogP contribution in [-0.4, -0.2) is 59.2 Å². The van der Waals surface area contributed by atoms with E-state index in [1.54, 1.807) is 19.4 Å². The van der Waals surface area contributed by atoms with E-state index in [4.69, 9.17) is 4.74 Å². The van der Waals surface area contributed by atoms with Crippen molar-refractivity contribution >= 4 is 28.6 Å². The van der Waals surface area contributed by atoms with E-state index < -0.39 is 12.1 Å². The second-order valence-corrected chi connectivity index (χ2v) is 9.63. The number of piperidine rings is 1. The molecule has 1 N–H and O–H groups in total. The molecule has 31 heavy (non-hydrogen) atoms. The highest BCUT2D eigenvalue weighted by Gasteiger charge is 2.31. The summed E-state index contributed by atoms with van der Waals surface area (Å²) in [7, 11) is 1.60. The number of aliphatic carboxylic acids is 1. The maximum Gasteiger partial charge on any atom is 0.303 e. The van der Waals surface area contributed by atoms with Crippen LogP contribution >= 0.6 is 11.8 Å². The second-order valence-electron chi connectivity index (χ2n) is 8.23. The Morgan fingerprint density at radius 2 is 2.23 bits per heavy atom. The summed E-state index contributed by atoms with van der Waals surface area (Å²) in [5.41, 5.74) is 1.38. The number of carboxylic acid groups (broad SMARTS) is 1. The first kappa shape index (κ1) is 23.8. The summed E-state index contributed by atoms with van der Waals surface area (Å²) in [5.74, 6) is 2.42. The largest absolute Gasteiger partial charge is 0.497 e. The van der Waals surface area contributed by atoms with Gasteiger partial charge in [0.25, 0.3) is 0 Å². The molecular formula is C24H33FN2O3S. The van der Waals surface area contributed by atoms with E-state index >= 15 is 4.39 Å². The molecule has 3 rings (SSSR count). The standard InChI is InChI=1S/C24H33FN2O3S/c1-3-31-13-12-27-11-9-17(18(16-27)14-24(28)29)4-6-22(25)20-8-10-26-23-7-5-19(30-2)15-21(20)23/h5,7-8,10,15,17-18,22H,3-4,6,9,11-14,16H2,1-2H3,(H,28,29)/t17-,18+,22?/m1/s1. The van der Waals surface area contributed by atoms with Gasteiger partial charge in [0.2, 0.25) is 0 Å². The van der Waals surface area contributed by atoms with Crippen molar-refractivity contribution in [2.45, 2.75) is 38.8 Å². The fourth-order valence-electron chi connectivity index (χ4n) is 4.60. The molecule has 2 aromatic rings. The van der Waals surface area contributed by atoms with Gasteiger partial charge in [-0.25, -0.2) is 4.39 Å². The maximum absolute atomic E-state index is 15.3. The number of rotatable bonds is 11. The number of aromatic nitrogens is 1. The van der Waals surface area contributed by atoms with Crippen LogP contribution in [0.3, 0.4) is 0 Å². The quantitative estimate of drug-likeness (QED) is 0.477. The number of carboxylic acids is 1. The Hall–Kier alpha value is -1.86. The van der Waals surface area contributed by atoms with Crippen LogP contribution in [-0.2, 0) is 4.79 Å². The lowest BCUT2D eigenvalue weighted by Crippen LogP contribution is -2.42. The Balaban J connectivity index is 1.65. The first-order chi connectivity index (χ1) is 15.0. The highest BCUT2D eigenvalue weighted by Crippen LogP contribution is 2.36. The topological polar surface area (TPSA) is 62.7 Å². The zero-order chi connectivity index (χ0) is 22.2. The monoisotopic (exact) mass is 448 g/mol. The third kappa shape index (κ3) is 6.56. The van der Waals surface area contributed by atoms with Gasteiger partial charge in [-0.3, -0.25) is 9.78 Å². The minimum Gasteiger partial charge on any atom is -0.497 e. The zero-order valence-corrected chi connectivity index (χ0v) is 19.2. The van der Waals surface area contributed by atoms with Gasteiger partial charge in [-0.2, -0.15) is 11.8 Å². The molecule has 0 amide bonds. The molecule has 3 atom stereocenters. The van der Waals surface area contributed by atoms with E-state index in [0.717, 1.165) is 48.5 Å². The van der Waals surface area contributed by atoms with E-state index in [-0.39, 0.29) is 18.3 Å². The van der Waals surface area contributed by atoms with Crippen molar-refractivity contribution in [3.63, 3.8) is 0 Å². The van der Waals surface area contributed by atoms with Gasteiger partial charge in [0.15, 0.2) is 0 Å². The number of benzene rings is 1. The van der Waals surface area contributed by atoms with E-state index in [2.05, 4.69) is 16.8 Å². The van der Waals surface area contributed by atoms with Crippen LogP contribution in [0.2, 0.25) is 0 Å². The third-order valence-corrected chi connectivity index (χ3v) is 7.16. The molecule has 1 aromatic heterocycles. The molecular weight excluding hydrogens is 415 g/mol. The number of alkyl halides is 1. The zero-order valence-electron chi connectivity index (χ0n) is 18.4. The van der Waals surface area contributed by atoms with Crippen molar-refractivity contribution < 1.29 is 19.0 Å². The van der Waals surface area contributed by atoms with Gasteiger partial charge < -0.3 is 14.7 Å². The van der Waals surface area contributed by atoms with Crippen LogP contribution in [0, 0.1) is 11.8 Å². The van der Waals surface area contributed by atoms with Gasteiger partial charge in [-0.15, -0.1) is 0 Å². The van der Waals surface area contributed by atoms with Crippen LogP contribution in [0.25, 0.3) is 10.9 Å². The molecule has 1 unspecified atom stereocenters. The number of pyridine rings is 1. The predicted molar refractivity (Wildman–Crippen MR) is 125 cm³/mol. The molecule has 7 heteroatoms. The van der Waals surface area contributed by atoms with E-state index in [9.17, 15) is 9.90 Å². The number of carbonyl (C=O) groups is 1. The van der Waals surface area contributed by atoms with E-state index in [0.29, 0.717) is 24.2 Å². The number of hydrogen-bond acceptors (Lipinski definition) is 5. The molecule has 1 aromatic carbocycles. The minimum atomic E-state index is -1.11. The lowest BCUT2D eigenvalue weighted by atomic mass is 9.79. The van der Waals surface area contributed by atoms with Gasteiger partial charge in [0.1, 0.15) is 11.9 Å². The Bertz CT molecular complexity index is 866. The number of fused-ring (bicyclic) bond motifs is 1. The van der Waals surface area contributed by atoms with Crippen molar-refractivity contribution in [2.24, 2.45) is 11.8 Å². The molecule has 1 aliphatic heterocycles. The van der Waals surface area contributed by atoms with Crippen LogP contribution < -0.4 is 4.74 Å². The van der Waals surface area contributed by atoms with Crippen molar-refractivity contribution in [3.05, 3.63) is 36.0 Å². The summed E-state index contributed by atoms with van der Waals surface area (Å²) in [6.45, 7) is 4.92. The normalized spacial score (nSPS) is 20.6. The van der Waals surface area contributed by atoms with Gasteiger partial charge in [-0.1, -0.05) is 6.92 Å². The average Bonchev–Trinajstić information content (AvgIpc) is 2.77. The summed E-state index contributed by atoms with van der Waals surface area (Å²) in [5, 5.41) is 10.2. The molecule has 5 nitrogen and oxygen atoms in total. The first-order valence-electron chi connectivity index (χ1n) is 11.1. The highest BCUT2D eigenvalue weighted by atomic mass is 32.2. The fourth-order valence-corrected chi connectivity index (χ4v) is 5.27. The first-order valence-corrected chi connectivity index (χ1v) is 12.3. The Labute approximate surface area is 188 Å². The van der Waals surface area contributed by atoms with Crippen molar-refractivity contribution in [3.8, 4) is 5.75 Å². The maximum atomic E-state index is 15.3. The smallest absolute Gasteiger partial charge is 0.303 e. The lowest BCUT2D eigenvalue weighted by molar-refractivity contribution is -0.139. The van der Waals surface area contributed by atoms with Crippen molar-refractivity contribution in [2.75, 3.05) is 38.2 Å². The van der Waals surface area contributed by atoms with Crippen LogP contribution in [0.15, 0.2) is 30.5 Å². The van der Waals surface area contributed by atoms with Crippen LogP contribution in [0.5, 0.6) is 5.75 Å². The van der Waals surface area contributed by atoms with Crippen LogP contribution in [0.4, 0.5) is 4.39 Å². The van der Waals surface area contributed by atoms with E-state index in [1.807, 2.05) is 30.0 Å². The highest BCUT2D eigenvalue weighted by molar-refractivity contribution is 7.99. The predicted octanol–water partition coefficient (Wildman–Crippen LogP) is 5.20. The molecule has 0 saturated carbocycles. The summed E-state index contributed by atoms with van der Waals surface area (Å²) in [4.78, 5) is 18.1. The van der Waals surface area contributed by atoms with Gasteiger partial charge in [0, 0.05) is 36.8 Å². The number of hydrogen-bond donors (Lipinski definition) is 1. The fraction of sp³-hybridized carbons (Fsp3) is 0.583. The van der Waals surface area contributed by atoms with Crippen molar-refractivity contribution in [1.82, 2.24) is 9.88 Å². The second kappa shape index (κ2) is 11.7. The molecule has 1 saturated heterocycles. The number of nitrogens with zero attached hydrogens (tertiary/aromatic N) is 2. The summed E-state index contributed by atoms with van der Waals surface area (Å²) in [6.07, 6.45) is 2.73. The molecule has 0 bridgehead atoms. The SMILES string of the molecule is CCSCCN1CC[C@@H](CCC(F)c2ccnc3ccc(OC)cc23)[C@@H](CC(=O)O)C1. The third-order valence-electron chi connectivity index (χ3n) is 6.28.